The number of nitrogens with one attached hydrogen (secondary N) is 2. The van der Waals surface area contributed by atoms with Crippen LogP contribution in [-0.4, -0.2) is 58.5 Å². The molecule has 0 saturated heterocycles. The summed E-state index contributed by atoms with van der Waals surface area (Å²) in [4.78, 5) is 8.80. The van der Waals surface area contributed by atoms with E-state index < -0.39 is 9.84 Å². The predicted molar refractivity (Wildman–Crippen MR) is 157 cm³/mol. The van der Waals surface area contributed by atoms with Crippen LogP contribution in [0, 0.1) is 5.82 Å². The van der Waals surface area contributed by atoms with Crippen molar-refractivity contribution >= 4 is 43.8 Å². The van der Waals surface area contributed by atoms with Gasteiger partial charge < -0.3 is 15.4 Å². The summed E-state index contributed by atoms with van der Waals surface area (Å²) in [7, 11) is -3.00. The number of ether oxygens (including phenoxy) is 1. The molecule has 2 aromatic heterocycles. The number of anilines is 2. The molecule has 0 amide bonds. The van der Waals surface area contributed by atoms with Crippen LogP contribution in [0.25, 0.3) is 22.2 Å². The number of rotatable bonds is 12. The molecule has 0 aliphatic rings. The largest absolute Gasteiger partial charge is 0.487 e. The molecular formula is C28H27ClFN7O3S. The normalized spacial score (nSPS) is 11.6. The van der Waals surface area contributed by atoms with Crippen LogP contribution in [0.2, 0.25) is 5.02 Å². The molecule has 0 aliphatic carbocycles. The molecule has 10 nitrogen and oxygen atoms in total. The zero-order valence-corrected chi connectivity index (χ0v) is 23.7. The van der Waals surface area contributed by atoms with E-state index in [0.29, 0.717) is 53.2 Å². The van der Waals surface area contributed by atoms with Crippen molar-refractivity contribution in [1.82, 2.24) is 30.3 Å². The Bertz CT molecular complexity index is 1780. The Labute approximate surface area is 241 Å². The average molecular weight is 596 g/mol. The van der Waals surface area contributed by atoms with E-state index in [4.69, 9.17) is 16.3 Å². The fraction of sp³-hybridized carbons (Fsp3) is 0.214. The van der Waals surface area contributed by atoms with Gasteiger partial charge in [-0.25, -0.2) is 22.8 Å². The Balaban J connectivity index is 1.26. The van der Waals surface area contributed by atoms with E-state index in [2.05, 4.69) is 30.9 Å². The number of benzene rings is 3. The smallest absolute Gasteiger partial charge is 0.148 e. The highest BCUT2D eigenvalue weighted by molar-refractivity contribution is 7.90. The maximum Gasteiger partial charge on any atom is 0.148 e. The van der Waals surface area contributed by atoms with Crippen LogP contribution in [0.4, 0.5) is 15.9 Å². The van der Waals surface area contributed by atoms with Crippen LogP contribution in [0.15, 0.2) is 73.2 Å². The number of aromatic nitrogens is 5. The minimum Gasteiger partial charge on any atom is -0.487 e. The standard InChI is InChI=1S/C28H27ClFN7O3S/c1-41(38,39)12-10-31-9-11-37-16-26(35-36-37)20-5-7-25-23(14-20)28(33-18-32-25)34-22-6-8-27(24(29)15-22)40-17-19-3-2-4-21(30)13-19/h2-8,13-16,18,31H,9-12,17H2,1H3,(H,32,33,34). The first-order valence-electron chi connectivity index (χ1n) is 12.7. The van der Waals surface area contributed by atoms with Crippen LogP contribution in [0.1, 0.15) is 5.56 Å². The highest BCUT2D eigenvalue weighted by Gasteiger charge is 2.11. The lowest BCUT2D eigenvalue weighted by atomic mass is 10.1. The number of nitrogens with zero attached hydrogens (tertiary/aromatic N) is 5. The van der Waals surface area contributed by atoms with E-state index in [1.54, 1.807) is 28.9 Å². The molecule has 5 rings (SSSR count). The van der Waals surface area contributed by atoms with Gasteiger partial charge in [0.2, 0.25) is 0 Å². The van der Waals surface area contributed by atoms with E-state index in [1.165, 1.54) is 24.7 Å². The third-order valence-corrected chi connectivity index (χ3v) is 7.36. The summed E-state index contributed by atoms with van der Waals surface area (Å²) >= 11 is 6.47. The number of hydrogen-bond donors (Lipinski definition) is 2. The number of hydrogen-bond acceptors (Lipinski definition) is 9. The topological polar surface area (TPSA) is 124 Å². The summed E-state index contributed by atoms with van der Waals surface area (Å²) in [5, 5.41) is 16.0. The van der Waals surface area contributed by atoms with E-state index in [9.17, 15) is 12.8 Å². The molecular weight excluding hydrogens is 569 g/mol. The lowest BCUT2D eigenvalue weighted by molar-refractivity contribution is 0.306. The maximum absolute atomic E-state index is 13.4. The zero-order valence-electron chi connectivity index (χ0n) is 22.1. The van der Waals surface area contributed by atoms with Crippen LogP contribution in [0.3, 0.4) is 0 Å². The predicted octanol–water partition coefficient (Wildman–Crippen LogP) is 4.64. The second-order valence-electron chi connectivity index (χ2n) is 9.39. The minimum absolute atomic E-state index is 0.0891. The quantitative estimate of drug-likeness (QED) is 0.199. The fourth-order valence-corrected chi connectivity index (χ4v) is 4.80. The zero-order chi connectivity index (χ0) is 28.8. The van der Waals surface area contributed by atoms with Crippen LogP contribution in [0.5, 0.6) is 5.75 Å². The molecule has 2 heterocycles. The summed E-state index contributed by atoms with van der Waals surface area (Å²) in [6.07, 6.45) is 4.53. The molecule has 0 bridgehead atoms. The number of halogens is 2. The summed E-state index contributed by atoms with van der Waals surface area (Å²) in [5.74, 6) is 0.831. The molecule has 0 fully saturated rings. The minimum atomic E-state index is -3.00. The molecule has 13 heteroatoms. The Morgan fingerprint density at radius 3 is 2.73 bits per heavy atom. The lowest BCUT2D eigenvalue weighted by Crippen LogP contribution is -2.26. The summed E-state index contributed by atoms with van der Waals surface area (Å²) in [6.45, 7) is 1.68. The highest BCUT2D eigenvalue weighted by atomic mass is 35.5. The molecule has 41 heavy (non-hydrogen) atoms. The van der Waals surface area contributed by atoms with Crippen molar-refractivity contribution in [3.8, 4) is 17.0 Å². The highest BCUT2D eigenvalue weighted by Crippen LogP contribution is 2.32. The number of sulfone groups is 1. The van der Waals surface area contributed by atoms with Gasteiger partial charge in [-0.05, 0) is 48.0 Å². The van der Waals surface area contributed by atoms with Crippen molar-refractivity contribution in [2.24, 2.45) is 0 Å². The van der Waals surface area contributed by atoms with Crippen LogP contribution >= 0.6 is 11.6 Å². The first kappa shape index (κ1) is 28.4. The lowest BCUT2D eigenvalue weighted by Gasteiger charge is -2.12. The SMILES string of the molecule is CS(=O)(=O)CCNCCn1cc(-c2ccc3ncnc(Nc4ccc(OCc5cccc(F)c5)c(Cl)c4)c3c2)nn1. The molecule has 0 atom stereocenters. The van der Waals surface area contributed by atoms with Gasteiger partial charge in [-0.2, -0.15) is 0 Å². The van der Waals surface area contributed by atoms with Gasteiger partial charge in [-0.15, -0.1) is 5.10 Å². The van der Waals surface area contributed by atoms with E-state index in [1.807, 2.05) is 30.5 Å². The number of fused-ring (bicyclic) bond motifs is 1. The van der Waals surface area contributed by atoms with Crippen molar-refractivity contribution in [2.75, 3.05) is 30.4 Å². The molecule has 2 N–H and O–H groups in total. The molecule has 0 unspecified atom stereocenters. The van der Waals surface area contributed by atoms with E-state index in [-0.39, 0.29) is 18.2 Å². The van der Waals surface area contributed by atoms with Crippen molar-refractivity contribution in [3.05, 3.63) is 89.6 Å². The van der Waals surface area contributed by atoms with Crippen LogP contribution in [-0.2, 0) is 23.0 Å². The molecule has 0 saturated carbocycles. The second-order valence-corrected chi connectivity index (χ2v) is 12.1. The van der Waals surface area contributed by atoms with Gasteiger partial charge in [-0.1, -0.05) is 35.0 Å². The molecule has 3 aromatic carbocycles. The third-order valence-electron chi connectivity index (χ3n) is 6.12. The molecule has 212 valence electrons. The Kier molecular flexibility index (Phi) is 8.72. The van der Waals surface area contributed by atoms with Gasteiger partial charge >= 0.3 is 0 Å². The van der Waals surface area contributed by atoms with E-state index in [0.717, 1.165) is 16.5 Å². The fourth-order valence-electron chi connectivity index (χ4n) is 4.05. The van der Waals surface area contributed by atoms with Crippen molar-refractivity contribution < 1.29 is 17.5 Å². The van der Waals surface area contributed by atoms with Gasteiger partial charge in [0.15, 0.2) is 0 Å². The van der Waals surface area contributed by atoms with Gasteiger partial charge in [-0.3, -0.25) is 4.68 Å². The van der Waals surface area contributed by atoms with Gasteiger partial charge in [0, 0.05) is 36.0 Å². The van der Waals surface area contributed by atoms with Crippen molar-refractivity contribution in [1.29, 1.82) is 0 Å². The molecule has 0 radical (unpaired) electrons. The van der Waals surface area contributed by atoms with Gasteiger partial charge in [0.25, 0.3) is 0 Å². The monoisotopic (exact) mass is 595 g/mol. The Morgan fingerprint density at radius 1 is 1.05 bits per heavy atom. The summed E-state index contributed by atoms with van der Waals surface area (Å²) < 4.78 is 43.4. The van der Waals surface area contributed by atoms with Crippen LogP contribution < -0.4 is 15.4 Å². The maximum atomic E-state index is 13.4. The van der Waals surface area contributed by atoms with Gasteiger partial charge in [0.1, 0.15) is 45.8 Å². The summed E-state index contributed by atoms with van der Waals surface area (Å²) in [6, 6.07) is 17.3. The van der Waals surface area contributed by atoms with Crippen molar-refractivity contribution in [2.45, 2.75) is 13.2 Å². The third kappa shape index (κ3) is 7.75. The van der Waals surface area contributed by atoms with Gasteiger partial charge in [0.05, 0.1) is 29.0 Å². The Morgan fingerprint density at radius 2 is 1.93 bits per heavy atom. The molecule has 0 aliphatic heterocycles. The first-order chi connectivity index (χ1) is 19.7. The molecule has 0 spiro atoms. The van der Waals surface area contributed by atoms with Crippen molar-refractivity contribution in [3.63, 3.8) is 0 Å². The summed E-state index contributed by atoms with van der Waals surface area (Å²) in [5.41, 5.74) is 3.67. The average Bonchev–Trinajstić information content (AvgIpc) is 3.41. The second kappa shape index (κ2) is 12.6. The first-order valence-corrected chi connectivity index (χ1v) is 15.1. The molecule has 5 aromatic rings. The van der Waals surface area contributed by atoms with E-state index >= 15 is 0 Å². The Hall–Kier alpha value is -4.13.